The predicted octanol–water partition coefficient (Wildman–Crippen LogP) is 23.5. The van der Waals surface area contributed by atoms with Crippen LogP contribution in [0.4, 0.5) is 0 Å². The third-order valence-corrected chi connectivity index (χ3v) is 17.3. The number of pyridine rings is 3. The number of aryl methyl sites for hydroxylation is 2. The first kappa shape index (κ1) is 87.8. The number of ketones is 3. The van der Waals surface area contributed by atoms with Gasteiger partial charge < -0.3 is 35.0 Å². The second kappa shape index (κ2) is 38.4. The molecule has 0 aliphatic carbocycles. The topological polar surface area (TPSA) is 173 Å². The number of aliphatic hydroxyl groups excluding tert-OH is 3. The molecule has 3 aromatic heterocycles. The second-order valence-electron chi connectivity index (χ2n) is 29.2. The van der Waals surface area contributed by atoms with Gasteiger partial charge in [0.2, 0.25) is 0 Å². The Labute approximate surface area is 656 Å². The van der Waals surface area contributed by atoms with Gasteiger partial charge in [-0.25, -0.2) is 0 Å². The smallest absolute Gasteiger partial charge is 0.316 e. The molecule has 0 aliphatic rings. The molecule has 9 aromatic carbocycles. The zero-order chi connectivity index (χ0) is 74.4. The summed E-state index contributed by atoms with van der Waals surface area (Å²) in [4.78, 5) is 39.3. The summed E-state index contributed by atoms with van der Waals surface area (Å²) in [6.07, 6.45) is 9.58. The Balaban J connectivity index is 0.000000288. The van der Waals surface area contributed by atoms with E-state index >= 15 is 0 Å². The number of hydrogen-bond donors (Lipinski definition) is 3. The monoisotopic (exact) mass is 1930 g/mol. The Morgan fingerprint density at radius 1 is 0.423 bits per heavy atom. The molecular weight excluding hydrogens is 1820 g/mol. The SMILES string of the molecule is CC(=[OH+])C=C(C)O.CC(=[OH+])C=C(C)O.CC(=[OH+])C=C(C)O.CC(C)(C)c1cc[c-]c(-c2nccc3c2ccc2c(C(C)(C)C)cc(C(C)(C)C)cc23)c1.CC(C)c1cc[c-]c(-c2nccc3c2ccc2ccccc23)c1.COc1c[c-]c(-c2nccc3c2ccc2c(C)c(C)c(C)cc23)cc1.[Ir].[Ir].[Ir]. The van der Waals surface area contributed by atoms with Gasteiger partial charge in [0.15, 0.2) is 0 Å². The van der Waals surface area contributed by atoms with Crippen molar-refractivity contribution in [2.75, 3.05) is 7.11 Å². The maximum absolute atomic E-state index is 8.40. The van der Waals surface area contributed by atoms with Crippen LogP contribution in [0.25, 0.3) is 98.4 Å². The fourth-order valence-electron chi connectivity index (χ4n) is 12.0. The van der Waals surface area contributed by atoms with Gasteiger partial charge in [0.25, 0.3) is 0 Å². The number of ether oxygens (including phenoxy) is 1. The van der Waals surface area contributed by atoms with Gasteiger partial charge in [-0.05, 0) is 191 Å². The summed E-state index contributed by atoms with van der Waals surface area (Å²) in [6, 6.07) is 64.0. The van der Waals surface area contributed by atoms with Gasteiger partial charge in [0.1, 0.15) is 0 Å². The van der Waals surface area contributed by atoms with E-state index in [1.54, 1.807) is 7.11 Å². The summed E-state index contributed by atoms with van der Waals surface area (Å²) >= 11 is 0. The maximum Gasteiger partial charge on any atom is 0.316 e. The van der Waals surface area contributed by atoms with Crippen molar-refractivity contribution in [3.05, 3.63) is 263 Å². The van der Waals surface area contributed by atoms with Crippen LogP contribution in [0, 0.1) is 39.0 Å². The Morgan fingerprint density at radius 2 is 0.865 bits per heavy atom. The summed E-state index contributed by atoms with van der Waals surface area (Å²) in [5.74, 6) is 2.05. The minimum absolute atomic E-state index is 0. The second-order valence-corrected chi connectivity index (χ2v) is 29.2. The van der Waals surface area contributed by atoms with Crippen molar-refractivity contribution < 1.29 is 94.8 Å². The summed E-state index contributed by atoms with van der Waals surface area (Å²) in [5, 5.41) is 40.3. The number of rotatable bonds is 8. The molecule has 0 saturated heterocycles. The molecule has 12 rings (SSSR count). The number of benzene rings is 9. The van der Waals surface area contributed by atoms with Gasteiger partial charge in [-0.2, -0.15) is 0 Å². The molecular formula is C91H101Ir3N3O7. The summed E-state index contributed by atoms with van der Waals surface area (Å²) in [6.45, 7) is 40.6. The first-order chi connectivity index (χ1) is 47.5. The van der Waals surface area contributed by atoms with E-state index in [1.807, 2.05) is 48.9 Å². The van der Waals surface area contributed by atoms with E-state index in [0.29, 0.717) is 5.92 Å². The van der Waals surface area contributed by atoms with Crippen LogP contribution in [-0.4, -0.2) is 69.1 Å². The van der Waals surface area contributed by atoms with Gasteiger partial charge >= 0.3 is 17.3 Å². The number of aromatic nitrogens is 3. The summed E-state index contributed by atoms with van der Waals surface area (Å²) in [5.41, 5.74) is 15.8. The van der Waals surface area contributed by atoms with Crippen LogP contribution in [0.2, 0.25) is 0 Å². The molecule has 549 valence electrons. The van der Waals surface area contributed by atoms with Crippen molar-refractivity contribution in [2.24, 2.45) is 0 Å². The van der Waals surface area contributed by atoms with Gasteiger partial charge in [-0.1, -0.05) is 155 Å². The molecule has 10 nitrogen and oxygen atoms in total. The average molecular weight is 1930 g/mol. The standard InChI is InChI=1S/C31H36N.C23H20NO.C22H18N.3C5H8O2.3Ir/c1-29(2,3)21-12-10-11-20(17-21)28-25-14-13-24-26(23(25)15-16-32-28)18-22(30(4,5)6)19-27(24)31(7,8)9;1-14-13-22-19(16(3)15(14)2)9-10-21-20(22)11-12-24-23(21)17-5-7-18(25-4)8-6-17;1-15(2)17-7-5-8-18(14-17)22-21-11-10-16-6-3-4-9-19(16)20(21)12-13-23-22;3*1-4(6)3-5(2)7;;;/h10,12-19H,1-9H3;5,7-13H,1-4H3;3-7,9-15H,1-2H3;3*3,6H,1-2H3;;;/q3*-1;;;;;;/p+3. The van der Waals surface area contributed by atoms with Crippen LogP contribution < -0.4 is 4.74 Å². The van der Waals surface area contributed by atoms with E-state index in [-0.39, 0.29) is 111 Å². The van der Waals surface area contributed by atoms with Crippen LogP contribution in [0.15, 0.2) is 206 Å². The van der Waals surface area contributed by atoms with E-state index in [2.05, 4.69) is 246 Å². The minimum Gasteiger partial charge on any atom is -0.540 e. The summed E-state index contributed by atoms with van der Waals surface area (Å²) in [7, 11) is 1.66. The first-order valence-electron chi connectivity index (χ1n) is 34.2. The third kappa shape index (κ3) is 23.2. The molecule has 12 aromatic rings. The van der Waals surface area contributed by atoms with Crippen molar-refractivity contribution in [3.8, 4) is 39.5 Å². The molecule has 0 spiro atoms. The largest absolute Gasteiger partial charge is 0.540 e. The van der Waals surface area contributed by atoms with E-state index in [4.69, 9.17) is 39.4 Å². The number of fused-ring (bicyclic) bond motifs is 9. The zero-order valence-corrected chi connectivity index (χ0v) is 71.1. The number of allylic oxidation sites excluding steroid dienone is 6. The van der Waals surface area contributed by atoms with E-state index in [1.165, 1.54) is 158 Å². The molecule has 104 heavy (non-hydrogen) atoms. The minimum atomic E-state index is 0. The van der Waals surface area contributed by atoms with Gasteiger partial charge in [0.05, 0.1) is 63.4 Å². The molecule has 0 saturated carbocycles. The number of carbonyl (C=O) groups excluding carboxylic acids is 3. The van der Waals surface area contributed by atoms with Gasteiger partial charge in [0, 0.05) is 84.7 Å². The normalized spacial score (nSPS) is 11.6. The quantitative estimate of drug-likeness (QED) is 0.0446. The molecule has 0 amide bonds. The maximum atomic E-state index is 8.40. The third-order valence-electron chi connectivity index (χ3n) is 17.3. The van der Waals surface area contributed by atoms with Crippen molar-refractivity contribution in [1.29, 1.82) is 0 Å². The van der Waals surface area contributed by atoms with E-state index in [9.17, 15) is 0 Å². The Morgan fingerprint density at radius 3 is 1.31 bits per heavy atom. The van der Waals surface area contributed by atoms with Crippen LogP contribution >= 0.6 is 0 Å². The molecule has 0 bridgehead atoms. The predicted molar refractivity (Wildman–Crippen MR) is 429 cm³/mol. The van der Waals surface area contributed by atoms with Crippen molar-refractivity contribution >= 4 is 82.0 Å². The Bertz CT molecular complexity index is 5030. The van der Waals surface area contributed by atoms with Crippen molar-refractivity contribution in [2.45, 2.75) is 161 Å². The number of nitrogens with zero attached hydrogens (tertiary/aromatic N) is 3. The first-order valence-corrected chi connectivity index (χ1v) is 34.2. The Hall–Kier alpha value is -8.63. The van der Waals surface area contributed by atoms with Crippen LogP contribution in [0.1, 0.15) is 163 Å². The van der Waals surface area contributed by atoms with Crippen molar-refractivity contribution in [3.63, 3.8) is 0 Å². The zero-order valence-electron chi connectivity index (χ0n) is 63.9. The molecule has 0 fully saturated rings. The molecule has 6 N–H and O–H groups in total. The van der Waals surface area contributed by atoms with E-state index in [0.717, 1.165) is 44.9 Å². The van der Waals surface area contributed by atoms with Crippen LogP contribution in [0.5, 0.6) is 5.75 Å². The summed E-state index contributed by atoms with van der Waals surface area (Å²) < 4.78 is 5.24. The number of hydrogen-bond acceptors (Lipinski definition) is 7. The van der Waals surface area contributed by atoms with Crippen LogP contribution in [-0.2, 0) is 76.6 Å². The fraction of sp³-hybridized carbons (Fsp3) is 0.275. The number of methoxy groups -OCH3 is 1. The van der Waals surface area contributed by atoms with E-state index < -0.39 is 0 Å². The average Bonchev–Trinajstić information content (AvgIpc) is 0.753. The fourth-order valence-corrected chi connectivity index (χ4v) is 12.0. The van der Waals surface area contributed by atoms with Crippen LogP contribution in [0.3, 0.4) is 0 Å². The van der Waals surface area contributed by atoms with Gasteiger partial charge in [-0.3, -0.25) is 14.4 Å². The molecule has 13 heteroatoms. The van der Waals surface area contributed by atoms with Crippen molar-refractivity contribution in [1.82, 2.24) is 15.0 Å². The molecule has 3 heterocycles. The molecule has 0 unspecified atom stereocenters. The number of aliphatic hydroxyl groups is 3. The molecule has 0 aliphatic heterocycles. The Kier molecular flexibility index (Phi) is 32.4. The molecule has 0 atom stereocenters. The molecule has 3 radical (unpaired) electrons. The van der Waals surface area contributed by atoms with Gasteiger partial charge in [-0.15, -0.1) is 101 Å².